The third-order valence-corrected chi connectivity index (χ3v) is 8.18. The number of pyridine rings is 1. The first-order valence-corrected chi connectivity index (χ1v) is 13.0. The number of rotatable bonds is 5. The quantitative estimate of drug-likeness (QED) is 0.548. The molecular weight excluding hydrogens is 459 g/mol. The molecule has 3 aliphatic rings. The van der Waals surface area contributed by atoms with Crippen molar-refractivity contribution in [3.05, 3.63) is 60.2 Å². The molecule has 0 radical (unpaired) electrons. The predicted octanol–water partition coefficient (Wildman–Crippen LogP) is 5.63. The van der Waals surface area contributed by atoms with Crippen LogP contribution in [-0.2, 0) is 14.3 Å². The number of amides is 1. The first kappa shape index (κ1) is 24.5. The van der Waals surface area contributed by atoms with Crippen LogP contribution in [0.2, 0.25) is 0 Å². The maximum atomic E-state index is 13.6. The van der Waals surface area contributed by atoms with E-state index in [1.807, 2.05) is 31.2 Å². The number of alkyl carbamates (subject to hydrolysis) is 1. The second kappa shape index (κ2) is 10.4. The molecule has 1 aliphatic heterocycles. The molecule has 2 heterocycles. The maximum Gasteiger partial charge on any atom is 0.407 e. The van der Waals surface area contributed by atoms with Crippen molar-refractivity contribution in [3.63, 3.8) is 0 Å². The zero-order valence-corrected chi connectivity index (χ0v) is 20.7. The lowest BCUT2D eigenvalue weighted by Crippen LogP contribution is -2.48. The van der Waals surface area contributed by atoms with Crippen molar-refractivity contribution in [2.45, 2.75) is 51.7 Å². The van der Waals surface area contributed by atoms with Crippen molar-refractivity contribution in [2.75, 3.05) is 6.61 Å². The molecule has 0 bridgehead atoms. The minimum absolute atomic E-state index is 0.0679. The molecule has 6 nitrogen and oxygen atoms in total. The number of cyclic esters (lactones) is 1. The number of nitrogens with zero attached hydrogens (tertiary/aromatic N) is 1. The summed E-state index contributed by atoms with van der Waals surface area (Å²) in [6.07, 6.45) is 9.07. The van der Waals surface area contributed by atoms with E-state index < -0.39 is 0 Å². The van der Waals surface area contributed by atoms with Crippen molar-refractivity contribution in [2.24, 2.45) is 29.6 Å². The summed E-state index contributed by atoms with van der Waals surface area (Å²) in [5.74, 6) is 0.629. The van der Waals surface area contributed by atoms with Gasteiger partial charge in [-0.2, -0.15) is 0 Å². The van der Waals surface area contributed by atoms with Gasteiger partial charge in [0.1, 0.15) is 11.9 Å². The first-order chi connectivity index (χ1) is 17.4. The van der Waals surface area contributed by atoms with Gasteiger partial charge in [0.25, 0.3) is 0 Å². The summed E-state index contributed by atoms with van der Waals surface area (Å²) in [6, 6.07) is 10.4. The second-order valence-electron chi connectivity index (χ2n) is 10.3. The van der Waals surface area contributed by atoms with Gasteiger partial charge in [0.2, 0.25) is 0 Å². The largest absolute Gasteiger partial charge is 0.462 e. The van der Waals surface area contributed by atoms with E-state index in [1.54, 1.807) is 19.2 Å². The fourth-order valence-electron chi connectivity index (χ4n) is 6.64. The van der Waals surface area contributed by atoms with Crippen molar-refractivity contribution in [1.29, 1.82) is 0 Å². The smallest absolute Gasteiger partial charge is 0.407 e. The van der Waals surface area contributed by atoms with E-state index in [-0.39, 0.29) is 47.8 Å². The lowest BCUT2D eigenvalue weighted by molar-refractivity contribution is -0.144. The van der Waals surface area contributed by atoms with Crippen molar-refractivity contribution in [3.8, 4) is 11.1 Å². The van der Waals surface area contributed by atoms with Gasteiger partial charge in [-0.05, 0) is 87.1 Å². The van der Waals surface area contributed by atoms with Gasteiger partial charge in [0.05, 0.1) is 18.2 Å². The molecule has 190 valence electrons. The maximum absolute atomic E-state index is 13.6. The molecule has 2 aliphatic carbocycles. The van der Waals surface area contributed by atoms with Crippen LogP contribution < -0.4 is 5.32 Å². The molecule has 1 saturated heterocycles. The highest BCUT2D eigenvalue weighted by Gasteiger charge is 2.54. The lowest BCUT2D eigenvalue weighted by Gasteiger charge is -2.47. The van der Waals surface area contributed by atoms with Gasteiger partial charge in [-0.15, -0.1) is 0 Å². The van der Waals surface area contributed by atoms with E-state index in [0.717, 1.165) is 42.5 Å². The number of esters is 1. The molecule has 1 unspecified atom stereocenters. The Bertz CT molecular complexity index is 1130. The van der Waals surface area contributed by atoms with Crippen LogP contribution in [0.15, 0.2) is 48.7 Å². The van der Waals surface area contributed by atoms with Gasteiger partial charge >= 0.3 is 12.1 Å². The average Bonchev–Trinajstić information content (AvgIpc) is 3.15. The number of benzene rings is 1. The Kier molecular flexibility index (Phi) is 7.08. The topological polar surface area (TPSA) is 77.5 Å². The summed E-state index contributed by atoms with van der Waals surface area (Å²) < 4.78 is 24.3. The number of carbonyl (C=O) groups excluding carboxylic acids is 2. The molecule has 3 fully saturated rings. The zero-order chi connectivity index (χ0) is 25.2. The van der Waals surface area contributed by atoms with Crippen LogP contribution in [0.5, 0.6) is 0 Å². The normalized spacial score (nSPS) is 31.4. The van der Waals surface area contributed by atoms with E-state index >= 15 is 0 Å². The number of allylic oxidation sites excluding steroid dienone is 1. The SMILES string of the molecule is CCOC(=O)N[C@@H]1CC[C@H]2C(/C=C/c3ccc(-c4cccc(F)c4)cn3)[C@@H]3[C@@H](C)OC(=O)[C@@H]3C[C@@H]2C1. The Hall–Kier alpha value is -3.22. The zero-order valence-electron chi connectivity index (χ0n) is 20.7. The summed E-state index contributed by atoms with van der Waals surface area (Å²) >= 11 is 0. The summed E-state index contributed by atoms with van der Waals surface area (Å²) in [6.45, 7) is 4.15. The Morgan fingerprint density at radius 2 is 2.08 bits per heavy atom. The van der Waals surface area contributed by atoms with Crippen LogP contribution >= 0.6 is 0 Å². The third kappa shape index (κ3) is 5.01. The van der Waals surface area contributed by atoms with Gasteiger partial charge < -0.3 is 14.8 Å². The minimum atomic E-state index is -0.368. The molecular formula is C29H33FN2O4. The standard InChI is InChI=1S/C29H33FN2O4/c1-3-35-29(34)32-23-10-11-24-20(14-23)15-26-27(17(2)36-28(26)33)25(24)12-9-22-8-7-19(16-31-22)18-5-4-6-21(30)13-18/h4-9,12-13,16-17,20,23-27H,3,10-11,14-15H2,1-2H3,(H,32,34)/b12-9+/t17-,20+,23-,24-,25?,26-,27+/m1/s1. The van der Waals surface area contributed by atoms with E-state index in [0.29, 0.717) is 18.4 Å². The van der Waals surface area contributed by atoms with Gasteiger partial charge in [-0.1, -0.05) is 24.3 Å². The number of aromatic nitrogens is 1. The van der Waals surface area contributed by atoms with Gasteiger partial charge in [-0.3, -0.25) is 9.78 Å². The van der Waals surface area contributed by atoms with Crippen LogP contribution in [0.3, 0.4) is 0 Å². The van der Waals surface area contributed by atoms with Crippen LogP contribution in [0.25, 0.3) is 17.2 Å². The Labute approximate surface area is 211 Å². The van der Waals surface area contributed by atoms with Gasteiger partial charge in [-0.25, -0.2) is 9.18 Å². The fourth-order valence-corrected chi connectivity index (χ4v) is 6.64. The fraction of sp³-hybridized carbons (Fsp3) is 0.483. The molecule has 7 atom stereocenters. The Balaban J connectivity index is 1.34. The van der Waals surface area contributed by atoms with Crippen LogP contribution in [0.1, 0.15) is 45.2 Å². The third-order valence-electron chi connectivity index (χ3n) is 8.18. The van der Waals surface area contributed by atoms with E-state index in [2.05, 4.69) is 16.4 Å². The van der Waals surface area contributed by atoms with Gasteiger partial charge in [0.15, 0.2) is 0 Å². The highest BCUT2D eigenvalue weighted by molar-refractivity contribution is 5.75. The molecule has 1 amide bonds. The molecule has 5 rings (SSSR count). The van der Waals surface area contributed by atoms with E-state index in [9.17, 15) is 14.0 Å². The highest BCUT2D eigenvalue weighted by atomic mass is 19.1. The molecule has 1 aromatic heterocycles. The molecule has 2 saturated carbocycles. The number of hydrogen-bond donors (Lipinski definition) is 1. The van der Waals surface area contributed by atoms with Crippen LogP contribution in [-0.4, -0.2) is 35.8 Å². The highest BCUT2D eigenvalue weighted by Crippen LogP contribution is 2.53. The number of halogens is 1. The molecule has 1 N–H and O–H groups in total. The monoisotopic (exact) mass is 492 g/mol. The summed E-state index contributed by atoms with van der Waals surface area (Å²) in [4.78, 5) is 29.2. The van der Waals surface area contributed by atoms with E-state index in [4.69, 9.17) is 9.47 Å². The lowest BCUT2D eigenvalue weighted by atomic mass is 9.57. The Morgan fingerprint density at radius 1 is 1.22 bits per heavy atom. The summed E-state index contributed by atoms with van der Waals surface area (Å²) in [7, 11) is 0. The van der Waals surface area contributed by atoms with Crippen molar-refractivity contribution < 1.29 is 23.5 Å². The minimum Gasteiger partial charge on any atom is -0.462 e. The van der Waals surface area contributed by atoms with Gasteiger partial charge in [0, 0.05) is 23.7 Å². The summed E-state index contributed by atoms with van der Waals surface area (Å²) in [5, 5.41) is 3.00. The summed E-state index contributed by atoms with van der Waals surface area (Å²) in [5.41, 5.74) is 2.48. The Morgan fingerprint density at radius 3 is 2.83 bits per heavy atom. The number of ether oxygens (including phenoxy) is 2. The average molecular weight is 493 g/mol. The first-order valence-electron chi connectivity index (χ1n) is 13.0. The number of nitrogens with one attached hydrogen (secondary N) is 1. The molecule has 0 spiro atoms. The second-order valence-corrected chi connectivity index (χ2v) is 10.3. The molecule has 1 aromatic carbocycles. The molecule has 7 heteroatoms. The number of carbonyl (C=O) groups is 2. The van der Waals surface area contributed by atoms with Crippen LogP contribution in [0, 0.1) is 35.4 Å². The van der Waals surface area contributed by atoms with Crippen LogP contribution in [0.4, 0.5) is 9.18 Å². The van der Waals surface area contributed by atoms with Crippen molar-refractivity contribution >= 4 is 18.1 Å². The molecule has 36 heavy (non-hydrogen) atoms. The molecule has 2 aromatic rings. The van der Waals surface area contributed by atoms with E-state index in [1.165, 1.54) is 12.1 Å². The number of hydrogen-bond acceptors (Lipinski definition) is 5. The predicted molar refractivity (Wildman–Crippen MR) is 134 cm³/mol. The van der Waals surface area contributed by atoms with Crippen molar-refractivity contribution in [1.82, 2.24) is 10.3 Å². The number of fused-ring (bicyclic) bond motifs is 2.